The highest BCUT2D eigenvalue weighted by atomic mass is 16.4. The Morgan fingerprint density at radius 3 is 2.23 bits per heavy atom. The van der Waals surface area contributed by atoms with Gasteiger partial charge >= 0.3 is 5.97 Å². The van der Waals surface area contributed by atoms with Gasteiger partial charge in [-0.1, -0.05) is 60.7 Å². The molecule has 0 saturated heterocycles. The first kappa shape index (κ1) is 12.8. The molecule has 0 heterocycles. The highest BCUT2D eigenvalue weighted by molar-refractivity contribution is 6.19. The molecule has 0 aliphatic rings. The highest BCUT2D eigenvalue weighted by Crippen LogP contribution is 2.34. The Balaban J connectivity index is 2.25. The predicted octanol–water partition coefficient (Wildman–Crippen LogP) is 4.77. The summed E-state index contributed by atoms with van der Waals surface area (Å²) in [6.07, 6.45) is 0.0370. The molecule has 4 aromatic carbocycles. The zero-order valence-electron chi connectivity index (χ0n) is 11.9. The summed E-state index contributed by atoms with van der Waals surface area (Å²) >= 11 is 0. The lowest BCUT2D eigenvalue weighted by molar-refractivity contribution is -0.136. The van der Waals surface area contributed by atoms with Crippen molar-refractivity contribution in [2.75, 3.05) is 0 Å². The van der Waals surface area contributed by atoms with E-state index in [1.54, 1.807) is 0 Å². The first-order valence-corrected chi connectivity index (χ1v) is 7.28. The second-order valence-electron chi connectivity index (χ2n) is 5.54. The summed E-state index contributed by atoms with van der Waals surface area (Å²) in [5.41, 5.74) is 0.873. The van der Waals surface area contributed by atoms with E-state index in [4.69, 9.17) is 0 Å². The van der Waals surface area contributed by atoms with Crippen molar-refractivity contribution in [2.45, 2.75) is 6.42 Å². The van der Waals surface area contributed by atoms with Crippen molar-refractivity contribution in [1.29, 1.82) is 0 Å². The van der Waals surface area contributed by atoms with Crippen LogP contribution in [0.3, 0.4) is 0 Å². The maximum Gasteiger partial charge on any atom is 0.307 e. The van der Waals surface area contributed by atoms with E-state index in [0.29, 0.717) is 0 Å². The summed E-state index contributed by atoms with van der Waals surface area (Å²) < 4.78 is 0. The Morgan fingerprint density at radius 1 is 0.773 bits per heavy atom. The Kier molecular flexibility index (Phi) is 2.83. The summed E-state index contributed by atoms with van der Waals surface area (Å²) in [5, 5.41) is 15.9. The van der Waals surface area contributed by atoms with E-state index in [9.17, 15) is 9.90 Å². The van der Waals surface area contributed by atoms with Gasteiger partial charge < -0.3 is 5.11 Å². The summed E-state index contributed by atoms with van der Waals surface area (Å²) in [6.45, 7) is 0. The van der Waals surface area contributed by atoms with Crippen LogP contribution in [0.4, 0.5) is 0 Å². The van der Waals surface area contributed by atoms with Gasteiger partial charge in [0.05, 0.1) is 6.42 Å². The molecule has 0 saturated carbocycles. The molecule has 106 valence electrons. The van der Waals surface area contributed by atoms with Gasteiger partial charge in [0, 0.05) is 0 Å². The number of carbonyl (C=O) groups is 1. The number of hydrogen-bond acceptors (Lipinski definition) is 1. The predicted molar refractivity (Wildman–Crippen MR) is 90.3 cm³/mol. The lowest BCUT2D eigenvalue weighted by atomic mass is 9.92. The fraction of sp³-hybridized carbons (Fsp3) is 0.0500. The molecule has 0 unspecified atom stereocenters. The van der Waals surface area contributed by atoms with E-state index >= 15 is 0 Å². The molecule has 0 bridgehead atoms. The fourth-order valence-electron chi connectivity index (χ4n) is 3.27. The largest absolute Gasteiger partial charge is 0.481 e. The standard InChI is InChI=1S/C20H14O2/c21-19(22)12-15-11-14-6-2-3-7-16(14)18-10-9-13-5-1-4-8-17(13)20(15)18/h1-11H,12H2,(H,21,22). The molecule has 2 nitrogen and oxygen atoms in total. The second-order valence-corrected chi connectivity index (χ2v) is 5.54. The first-order chi connectivity index (χ1) is 10.7. The van der Waals surface area contributed by atoms with Crippen LogP contribution >= 0.6 is 0 Å². The summed E-state index contributed by atoms with van der Waals surface area (Å²) in [7, 11) is 0. The number of hydrogen-bond donors (Lipinski definition) is 1. The third kappa shape index (κ3) is 1.92. The van der Waals surface area contributed by atoms with Gasteiger partial charge in [-0.15, -0.1) is 0 Å². The van der Waals surface area contributed by atoms with E-state index < -0.39 is 5.97 Å². The van der Waals surface area contributed by atoms with Crippen molar-refractivity contribution in [2.24, 2.45) is 0 Å². The van der Waals surface area contributed by atoms with Crippen molar-refractivity contribution in [1.82, 2.24) is 0 Å². The fourth-order valence-corrected chi connectivity index (χ4v) is 3.27. The molecule has 0 aliphatic carbocycles. The third-order valence-corrected chi connectivity index (χ3v) is 4.17. The van der Waals surface area contributed by atoms with Crippen molar-refractivity contribution >= 4 is 38.3 Å². The van der Waals surface area contributed by atoms with Gasteiger partial charge in [-0.2, -0.15) is 0 Å². The molecule has 4 aromatic rings. The Hall–Kier alpha value is -2.87. The topological polar surface area (TPSA) is 37.3 Å². The average Bonchev–Trinajstić information content (AvgIpc) is 2.54. The lowest BCUT2D eigenvalue weighted by Gasteiger charge is -2.12. The molecule has 0 atom stereocenters. The van der Waals surface area contributed by atoms with Gasteiger partial charge in [-0.25, -0.2) is 0 Å². The molecule has 4 rings (SSSR count). The van der Waals surface area contributed by atoms with Crippen molar-refractivity contribution in [3.8, 4) is 0 Å². The van der Waals surface area contributed by atoms with Crippen LogP contribution < -0.4 is 0 Å². The third-order valence-electron chi connectivity index (χ3n) is 4.17. The maximum atomic E-state index is 11.3. The van der Waals surface area contributed by atoms with Crippen LogP contribution in [0, 0.1) is 0 Å². The molecule has 0 aromatic heterocycles. The Bertz CT molecular complexity index is 1030. The van der Waals surface area contributed by atoms with Gasteiger partial charge in [0.15, 0.2) is 0 Å². The van der Waals surface area contributed by atoms with E-state index in [1.807, 2.05) is 36.4 Å². The van der Waals surface area contributed by atoms with E-state index in [1.165, 1.54) is 0 Å². The maximum absolute atomic E-state index is 11.3. The lowest BCUT2D eigenvalue weighted by Crippen LogP contribution is -2.01. The SMILES string of the molecule is O=C(O)Cc1cc2ccccc2c2ccc3ccccc3c12. The normalized spacial score (nSPS) is 11.3. The second kappa shape index (κ2) is 4.85. The van der Waals surface area contributed by atoms with Crippen molar-refractivity contribution in [3.63, 3.8) is 0 Å². The van der Waals surface area contributed by atoms with E-state index in [-0.39, 0.29) is 6.42 Å². The smallest absolute Gasteiger partial charge is 0.307 e. The Labute approximate surface area is 127 Å². The number of fused-ring (bicyclic) bond motifs is 5. The monoisotopic (exact) mass is 286 g/mol. The molecule has 0 aliphatic heterocycles. The van der Waals surface area contributed by atoms with E-state index in [0.717, 1.165) is 37.9 Å². The molecule has 2 heteroatoms. The number of rotatable bonds is 2. The minimum atomic E-state index is -0.801. The summed E-state index contributed by atoms with van der Waals surface area (Å²) in [4.78, 5) is 11.3. The molecular weight excluding hydrogens is 272 g/mol. The zero-order valence-corrected chi connectivity index (χ0v) is 11.9. The molecule has 22 heavy (non-hydrogen) atoms. The molecular formula is C20H14O2. The number of benzene rings is 4. The molecule has 0 radical (unpaired) electrons. The van der Waals surface area contributed by atoms with Crippen LogP contribution in [-0.4, -0.2) is 11.1 Å². The molecule has 0 amide bonds. The van der Waals surface area contributed by atoms with Crippen LogP contribution in [0.5, 0.6) is 0 Å². The van der Waals surface area contributed by atoms with Gasteiger partial charge in [0.25, 0.3) is 0 Å². The average molecular weight is 286 g/mol. The zero-order chi connectivity index (χ0) is 15.1. The number of carboxylic acid groups (broad SMARTS) is 1. The Morgan fingerprint density at radius 2 is 1.45 bits per heavy atom. The van der Waals surface area contributed by atoms with E-state index in [2.05, 4.69) is 30.3 Å². The minimum Gasteiger partial charge on any atom is -0.481 e. The van der Waals surface area contributed by atoms with Crippen LogP contribution in [0.1, 0.15) is 5.56 Å². The van der Waals surface area contributed by atoms with Crippen LogP contribution in [0.15, 0.2) is 66.7 Å². The van der Waals surface area contributed by atoms with Crippen molar-refractivity contribution in [3.05, 3.63) is 72.3 Å². The first-order valence-electron chi connectivity index (χ1n) is 7.28. The summed E-state index contributed by atoms with van der Waals surface area (Å²) in [5.74, 6) is -0.801. The van der Waals surface area contributed by atoms with Crippen LogP contribution in [-0.2, 0) is 11.2 Å². The van der Waals surface area contributed by atoms with Crippen LogP contribution in [0.2, 0.25) is 0 Å². The molecule has 0 fully saturated rings. The van der Waals surface area contributed by atoms with Crippen LogP contribution in [0.25, 0.3) is 32.3 Å². The van der Waals surface area contributed by atoms with Gasteiger partial charge in [-0.3, -0.25) is 4.79 Å². The van der Waals surface area contributed by atoms with Gasteiger partial charge in [0.1, 0.15) is 0 Å². The summed E-state index contributed by atoms with van der Waals surface area (Å²) in [6, 6.07) is 22.5. The molecule has 0 spiro atoms. The number of carboxylic acids is 1. The minimum absolute atomic E-state index is 0.0370. The van der Waals surface area contributed by atoms with Gasteiger partial charge in [0.2, 0.25) is 0 Å². The quantitative estimate of drug-likeness (QED) is 0.539. The van der Waals surface area contributed by atoms with Crippen molar-refractivity contribution < 1.29 is 9.90 Å². The number of aliphatic carboxylic acids is 1. The molecule has 1 N–H and O–H groups in total. The highest BCUT2D eigenvalue weighted by Gasteiger charge is 2.12. The van der Waals surface area contributed by atoms with Gasteiger partial charge in [-0.05, 0) is 43.9 Å².